The van der Waals surface area contributed by atoms with Crippen molar-refractivity contribution in [2.75, 3.05) is 19.8 Å². The van der Waals surface area contributed by atoms with E-state index in [-0.39, 0.29) is 5.75 Å². The highest BCUT2D eigenvalue weighted by molar-refractivity contribution is 5.29. The number of hydrogen-bond donors (Lipinski definition) is 5. The van der Waals surface area contributed by atoms with E-state index in [1.807, 2.05) is 0 Å². The summed E-state index contributed by atoms with van der Waals surface area (Å²) in [6.07, 6.45) is -2.70. The van der Waals surface area contributed by atoms with Crippen molar-refractivity contribution in [1.82, 2.24) is 0 Å². The van der Waals surface area contributed by atoms with Crippen molar-refractivity contribution < 1.29 is 39.7 Å². The smallest absolute Gasteiger partial charge is 0.186 e. The SMILES string of the molecule is OC[C@H]1O[C@@H](OCCCCCCOc2ccc(O)cc2)[C@H](O)[C@@H](O)[C@@H]1O. The average molecular weight is 372 g/mol. The second kappa shape index (κ2) is 10.7. The van der Waals surface area contributed by atoms with E-state index in [0.29, 0.717) is 19.0 Å². The van der Waals surface area contributed by atoms with Crippen molar-refractivity contribution in [3.8, 4) is 11.5 Å². The number of phenols is 1. The molecule has 0 aliphatic carbocycles. The molecule has 0 saturated carbocycles. The molecular weight excluding hydrogens is 344 g/mol. The normalized spacial score (nSPS) is 28.8. The average Bonchev–Trinajstić information content (AvgIpc) is 2.65. The topological polar surface area (TPSA) is 129 Å². The molecule has 0 spiro atoms. The van der Waals surface area contributed by atoms with Gasteiger partial charge in [-0.05, 0) is 43.5 Å². The number of benzene rings is 1. The van der Waals surface area contributed by atoms with Gasteiger partial charge in [0.25, 0.3) is 0 Å². The lowest BCUT2D eigenvalue weighted by molar-refractivity contribution is -0.301. The van der Waals surface area contributed by atoms with E-state index in [2.05, 4.69) is 0 Å². The molecule has 5 N–H and O–H groups in total. The van der Waals surface area contributed by atoms with Crippen LogP contribution in [0.3, 0.4) is 0 Å². The third-order valence-corrected chi connectivity index (χ3v) is 4.27. The van der Waals surface area contributed by atoms with Crippen LogP contribution >= 0.6 is 0 Å². The summed E-state index contributed by atoms with van der Waals surface area (Å²) in [5.74, 6) is 0.922. The Morgan fingerprint density at radius 3 is 2.15 bits per heavy atom. The lowest BCUT2D eigenvalue weighted by Gasteiger charge is -2.39. The molecule has 0 aromatic heterocycles. The van der Waals surface area contributed by atoms with E-state index in [4.69, 9.17) is 19.3 Å². The minimum absolute atomic E-state index is 0.205. The molecule has 0 radical (unpaired) electrons. The van der Waals surface area contributed by atoms with Crippen molar-refractivity contribution in [3.05, 3.63) is 24.3 Å². The maximum Gasteiger partial charge on any atom is 0.186 e. The summed E-state index contributed by atoms with van der Waals surface area (Å²) in [5, 5.41) is 47.5. The quantitative estimate of drug-likeness (QED) is 0.367. The zero-order valence-corrected chi connectivity index (χ0v) is 14.6. The van der Waals surface area contributed by atoms with Crippen LogP contribution in [-0.2, 0) is 9.47 Å². The van der Waals surface area contributed by atoms with Crippen molar-refractivity contribution in [3.63, 3.8) is 0 Å². The zero-order valence-electron chi connectivity index (χ0n) is 14.6. The molecule has 1 heterocycles. The Hall–Kier alpha value is -1.42. The standard InChI is InChI=1S/C18H28O8/c19-11-14-15(21)16(22)17(23)18(26-14)25-10-4-2-1-3-9-24-13-7-5-12(20)6-8-13/h5-8,14-23H,1-4,9-11H2/t14-,15-,16+,17-,18-/m1/s1. The minimum atomic E-state index is -1.41. The Labute approximate surface area is 152 Å². The van der Waals surface area contributed by atoms with Crippen LogP contribution in [0.1, 0.15) is 25.7 Å². The third kappa shape index (κ3) is 6.08. The Kier molecular flexibility index (Phi) is 8.56. The fourth-order valence-electron chi connectivity index (χ4n) is 2.69. The Morgan fingerprint density at radius 2 is 1.50 bits per heavy atom. The molecule has 0 unspecified atom stereocenters. The largest absolute Gasteiger partial charge is 0.508 e. The molecule has 0 amide bonds. The van der Waals surface area contributed by atoms with Crippen LogP contribution in [0.2, 0.25) is 0 Å². The summed E-state index contributed by atoms with van der Waals surface area (Å²) in [6, 6.07) is 6.57. The monoisotopic (exact) mass is 372 g/mol. The number of aliphatic hydroxyl groups excluding tert-OH is 4. The first-order chi connectivity index (χ1) is 12.5. The summed E-state index contributed by atoms with van der Waals surface area (Å²) in [7, 11) is 0. The van der Waals surface area contributed by atoms with Gasteiger partial charge in [-0.2, -0.15) is 0 Å². The number of rotatable bonds is 10. The van der Waals surface area contributed by atoms with E-state index in [1.165, 1.54) is 0 Å². The molecule has 148 valence electrons. The summed E-state index contributed by atoms with van der Waals surface area (Å²) in [4.78, 5) is 0. The number of unbranched alkanes of at least 4 members (excludes halogenated alkanes) is 3. The lowest BCUT2D eigenvalue weighted by Crippen LogP contribution is -2.59. The number of ether oxygens (including phenoxy) is 3. The first kappa shape index (κ1) is 20.9. The first-order valence-electron chi connectivity index (χ1n) is 8.87. The number of aromatic hydroxyl groups is 1. The molecule has 8 nitrogen and oxygen atoms in total. The van der Waals surface area contributed by atoms with Gasteiger partial charge in [-0.25, -0.2) is 0 Å². The lowest BCUT2D eigenvalue weighted by atomic mass is 9.99. The van der Waals surface area contributed by atoms with Gasteiger partial charge in [0, 0.05) is 6.61 Å². The van der Waals surface area contributed by atoms with Crippen LogP contribution < -0.4 is 4.74 Å². The van der Waals surface area contributed by atoms with Crippen LogP contribution in [-0.4, -0.2) is 76.1 Å². The van der Waals surface area contributed by atoms with Gasteiger partial charge in [-0.3, -0.25) is 0 Å². The van der Waals surface area contributed by atoms with Crippen molar-refractivity contribution in [2.24, 2.45) is 0 Å². The van der Waals surface area contributed by atoms with Gasteiger partial charge < -0.3 is 39.7 Å². The molecule has 2 rings (SSSR count). The van der Waals surface area contributed by atoms with Crippen LogP contribution in [0.25, 0.3) is 0 Å². The highest BCUT2D eigenvalue weighted by atomic mass is 16.7. The van der Waals surface area contributed by atoms with Crippen molar-refractivity contribution in [1.29, 1.82) is 0 Å². The molecular formula is C18H28O8. The minimum Gasteiger partial charge on any atom is -0.508 e. The van der Waals surface area contributed by atoms with Crippen LogP contribution in [0.5, 0.6) is 11.5 Å². The predicted molar refractivity (Wildman–Crippen MR) is 91.8 cm³/mol. The van der Waals surface area contributed by atoms with Crippen LogP contribution in [0.15, 0.2) is 24.3 Å². The Balaban J connectivity index is 1.54. The number of phenolic OH excluding ortho intramolecular Hbond substituents is 1. The maximum atomic E-state index is 9.85. The van der Waals surface area contributed by atoms with E-state index in [0.717, 1.165) is 25.7 Å². The van der Waals surface area contributed by atoms with Crippen molar-refractivity contribution in [2.45, 2.75) is 56.4 Å². The molecule has 0 bridgehead atoms. The molecule has 1 aliphatic heterocycles. The molecule has 1 fully saturated rings. The van der Waals surface area contributed by atoms with E-state index < -0.39 is 37.3 Å². The second-order valence-electron chi connectivity index (χ2n) is 6.32. The highest BCUT2D eigenvalue weighted by Crippen LogP contribution is 2.22. The fourth-order valence-corrected chi connectivity index (χ4v) is 2.69. The summed E-state index contributed by atoms with van der Waals surface area (Å²) in [6.45, 7) is 0.450. The second-order valence-corrected chi connectivity index (χ2v) is 6.32. The number of hydrogen-bond acceptors (Lipinski definition) is 8. The zero-order chi connectivity index (χ0) is 18.9. The predicted octanol–water partition coefficient (Wildman–Crippen LogP) is 0.148. The molecule has 1 saturated heterocycles. The Morgan fingerprint density at radius 1 is 0.846 bits per heavy atom. The molecule has 8 heteroatoms. The van der Waals surface area contributed by atoms with Gasteiger partial charge >= 0.3 is 0 Å². The summed E-state index contributed by atoms with van der Waals surface area (Å²) >= 11 is 0. The van der Waals surface area contributed by atoms with Gasteiger partial charge in [-0.15, -0.1) is 0 Å². The van der Waals surface area contributed by atoms with Gasteiger partial charge in [0.1, 0.15) is 35.9 Å². The van der Waals surface area contributed by atoms with Gasteiger partial charge in [-0.1, -0.05) is 6.42 Å². The molecule has 5 atom stereocenters. The number of aliphatic hydroxyl groups is 4. The molecule has 1 aromatic rings. The van der Waals surface area contributed by atoms with Crippen molar-refractivity contribution >= 4 is 0 Å². The highest BCUT2D eigenvalue weighted by Gasteiger charge is 2.43. The molecule has 1 aliphatic rings. The van der Waals surface area contributed by atoms with Crippen LogP contribution in [0.4, 0.5) is 0 Å². The van der Waals surface area contributed by atoms with E-state index in [1.54, 1.807) is 24.3 Å². The molecule has 1 aromatic carbocycles. The van der Waals surface area contributed by atoms with Gasteiger partial charge in [0.15, 0.2) is 6.29 Å². The Bertz CT molecular complexity index is 506. The summed E-state index contributed by atoms with van der Waals surface area (Å²) in [5.41, 5.74) is 0. The van der Waals surface area contributed by atoms with Crippen LogP contribution in [0, 0.1) is 0 Å². The first-order valence-corrected chi connectivity index (χ1v) is 8.87. The van der Waals surface area contributed by atoms with E-state index >= 15 is 0 Å². The van der Waals surface area contributed by atoms with E-state index in [9.17, 15) is 20.4 Å². The third-order valence-electron chi connectivity index (χ3n) is 4.27. The van der Waals surface area contributed by atoms with Gasteiger partial charge in [0.2, 0.25) is 0 Å². The maximum absolute atomic E-state index is 9.85. The molecule has 26 heavy (non-hydrogen) atoms. The van der Waals surface area contributed by atoms with Gasteiger partial charge in [0.05, 0.1) is 13.2 Å². The summed E-state index contributed by atoms with van der Waals surface area (Å²) < 4.78 is 16.2. The fraction of sp³-hybridized carbons (Fsp3) is 0.667.